The fourth-order valence-electron chi connectivity index (χ4n) is 3.42. The molecule has 2 aromatic rings. The second kappa shape index (κ2) is 8.85. The molecule has 0 saturated carbocycles. The van der Waals surface area contributed by atoms with E-state index in [4.69, 9.17) is 0 Å². The first kappa shape index (κ1) is 18.5. The Hall–Kier alpha value is -2.34. The number of rotatable bonds is 6. The molecule has 6 nitrogen and oxygen atoms in total. The van der Waals surface area contributed by atoms with Crippen LogP contribution in [0.5, 0.6) is 0 Å². The highest BCUT2D eigenvalue weighted by atomic mass is 16.2. The lowest BCUT2D eigenvalue weighted by molar-refractivity contribution is -0.132. The molecule has 1 unspecified atom stereocenters. The van der Waals surface area contributed by atoms with Crippen LogP contribution in [-0.2, 0) is 11.3 Å². The van der Waals surface area contributed by atoms with Crippen molar-refractivity contribution in [2.24, 2.45) is 0 Å². The van der Waals surface area contributed by atoms with Gasteiger partial charge in [-0.25, -0.2) is 0 Å². The zero-order valence-electron chi connectivity index (χ0n) is 15.6. The summed E-state index contributed by atoms with van der Waals surface area (Å²) < 4.78 is 0. The zero-order chi connectivity index (χ0) is 18.4. The number of pyridine rings is 1. The summed E-state index contributed by atoms with van der Waals surface area (Å²) in [5.41, 5.74) is 2.97. The first-order valence-electron chi connectivity index (χ1n) is 9.26. The van der Waals surface area contributed by atoms with E-state index in [1.807, 2.05) is 43.3 Å². The Bertz CT molecular complexity index is 721. The topological polar surface area (TPSA) is 62.2 Å². The normalized spacial score (nSPS) is 17.5. The molecule has 6 heteroatoms. The molecule has 0 bridgehead atoms. The fraction of sp³-hybridized carbons (Fsp3) is 0.500. The minimum absolute atomic E-state index is 0.225. The molecule has 0 aliphatic carbocycles. The zero-order valence-corrected chi connectivity index (χ0v) is 15.6. The Morgan fingerprint density at radius 2 is 2.23 bits per heavy atom. The monoisotopic (exact) mass is 353 g/mol. The van der Waals surface area contributed by atoms with Gasteiger partial charge in [0.1, 0.15) is 0 Å². The minimum Gasteiger partial charge on any atom is -0.342 e. The van der Waals surface area contributed by atoms with Gasteiger partial charge in [0.15, 0.2) is 0 Å². The Balaban J connectivity index is 1.49. The molecular weight excluding hydrogens is 326 g/mol. The van der Waals surface area contributed by atoms with E-state index >= 15 is 0 Å². The molecule has 1 aliphatic heterocycles. The molecule has 1 atom stereocenters. The first-order chi connectivity index (χ1) is 12.6. The molecule has 3 heterocycles. The van der Waals surface area contributed by atoms with Crippen molar-refractivity contribution in [3.63, 3.8) is 0 Å². The summed E-state index contributed by atoms with van der Waals surface area (Å²) >= 11 is 0. The summed E-state index contributed by atoms with van der Waals surface area (Å²) in [6, 6.07) is 5.91. The van der Waals surface area contributed by atoms with Crippen LogP contribution in [0.3, 0.4) is 0 Å². The molecule has 3 rings (SSSR count). The van der Waals surface area contributed by atoms with Crippen LogP contribution in [0, 0.1) is 6.92 Å². The Kier molecular flexibility index (Phi) is 6.28. The predicted octanol–water partition coefficient (Wildman–Crippen LogP) is 2.41. The molecule has 26 heavy (non-hydrogen) atoms. The Labute approximate surface area is 155 Å². The number of piperidine rings is 1. The highest BCUT2D eigenvalue weighted by molar-refractivity contribution is 5.76. The minimum atomic E-state index is 0.225. The Morgan fingerprint density at radius 1 is 1.35 bits per heavy atom. The van der Waals surface area contributed by atoms with Crippen molar-refractivity contribution < 1.29 is 4.79 Å². The summed E-state index contributed by atoms with van der Waals surface area (Å²) in [6.45, 7) is 5.05. The van der Waals surface area contributed by atoms with Crippen molar-refractivity contribution in [3.05, 3.63) is 53.9 Å². The van der Waals surface area contributed by atoms with Gasteiger partial charge in [-0.3, -0.25) is 19.7 Å². The fourth-order valence-corrected chi connectivity index (χ4v) is 3.42. The summed E-state index contributed by atoms with van der Waals surface area (Å²) in [6.07, 6.45) is 8.04. The number of carbonyl (C=O) groups excluding carboxylic acids is 1. The van der Waals surface area contributed by atoms with Crippen LogP contribution >= 0.6 is 0 Å². The SMILES string of the molecule is Cc1cncc(C2CCCN(C(=O)CCN(C)Cc3ccccn3)C2)n1. The van der Waals surface area contributed by atoms with E-state index in [0.29, 0.717) is 12.3 Å². The summed E-state index contributed by atoms with van der Waals surface area (Å²) in [4.78, 5) is 30.0. The van der Waals surface area contributed by atoms with Crippen molar-refractivity contribution in [1.29, 1.82) is 0 Å². The lowest BCUT2D eigenvalue weighted by atomic mass is 9.94. The van der Waals surface area contributed by atoms with E-state index in [9.17, 15) is 4.79 Å². The van der Waals surface area contributed by atoms with Gasteiger partial charge in [0, 0.05) is 57.1 Å². The third-order valence-corrected chi connectivity index (χ3v) is 4.83. The van der Waals surface area contributed by atoms with Gasteiger partial charge in [-0.05, 0) is 38.9 Å². The molecule has 2 aromatic heterocycles. The second-order valence-electron chi connectivity index (χ2n) is 7.07. The van der Waals surface area contributed by atoms with Gasteiger partial charge in [-0.1, -0.05) is 6.07 Å². The lowest BCUT2D eigenvalue weighted by Crippen LogP contribution is -2.40. The number of hydrogen-bond acceptors (Lipinski definition) is 5. The van der Waals surface area contributed by atoms with Crippen LogP contribution in [0.15, 0.2) is 36.8 Å². The van der Waals surface area contributed by atoms with Crippen LogP contribution in [0.2, 0.25) is 0 Å². The molecule has 1 fully saturated rings. The molecule has 1 amide bonds. The quantitative estimate of drug-likeness (QED) is 0.798. The van der Waals surface area contributed by atoms with Crippen molar-refractivity contribution in [2.45, 2.75) is 38.6 Å². The molecule has 0 radical (unpaired) electrons. The van der Waals surface area contributed by atoms with Gasteiger partial charge >= 0.3 is 0 Å². The number of amides is 1. The highest BCUT2D eigenvalue weighted by Crippen LogP contribution is 2.25. The first-order valence-corrected chi connectivity index (χ1v) is 9.26. The maximum atomic E-state index is 12.6. The van der Waals surface area contributed by atoms with Crippen LogP contribution in [0.4, 0.5) is 0 Å². The third kappa shape index (κ3) is 5.08. The summed E-state index contributed by atoms with van der Waals surface area (Å²) in [5.74, 6) is 0.523. The molecule has 1 aliphatic rings. The number of aryl methyl sites for hydroxylation is 1. The second-order valence-corrected chi connectivity index (χ2v) is 7.07. The van der Waals surface area contributed by atoms with Crippen molar-refractivity contribution >= 4 is 5.91 Å². The average Bonchev–Trinajstić information content (AvgIpc) is 2.67. The molecule has 0 spiro atoms. The highest BCUT2D eigenvalue weighted by Gasteiger charge is 2.25. The van der Waals surface area contributed by atoms with Crippen LogP contribution in [-0.4, -0.2) is 57.3 Å². The van der Waals surface area contributed by atoms with E-state index in [1.165, 1.54) is 0 Å². The molecule has 0 aromatic carbocycles. The van der Waals surface area contributed by atoms with Crippen LogP contribution < -0.4 is 0 Å². The number of nitrogens with zero attached hydrogens (tertiary/aromatic N) is 5. The average molecular weight is 353 g/mol. The summed E-state index contributed by atoms with van der Waals surface area (Å²) in [7, 11) is 2.03. The van der Waals surface area contributed by atoms with Gasteiger partial charge in [0.05, 0.1) is 17.1 Å². The van der Waals surface area contributed by atoms with Gasteiger partial charge in [0.2, 0.25) is 5.91 Å². The van der Waals surface area contributed by atoms with E-state index in [2.05, 4.69) is 19.9 Å². The smallest absolute Gasteiger partial charge is 0.223 e. The van der Waals surface area contributed by atoms with Gasteiger partial charge in [-0.15, -0.1) is 0 Å². The number of aromatic nitrogens is 3. The standard InChI is InChI=1S/C20H27N5O/c1-16-12-21-13-19(23-16)17-6-5-10-25(14-17)20(26)8-11-24(2)15-18-7-3-4-9-22-18/h3-4,7,9,12-13,17H,5-6,8,10-11,14-15H2,1-2H3. The largest absolute Gasteiger partial charge is 0.342 e. The maximum absolute atomic E-state index is 12.6. The van der Waals surface area contributed by atoms with Crippen LogP contribution in [0.1, 0.15) is 42.3 Å². The van der Waals surface area contributed by atoms with Crippen LogP contribution in [0.25, 0.3) is 0 Å². The third-order valence-electron chi connectivity index (χ3n) is 4.83. The van der Waals surface area contributed by atoms with Gasteiger partial charge in [0.25, 0.3) is 0 Å². The number of likely N-dealkylation sites (tertiary alicyclic amines) is 1. The van der Waals surface area contributed by atoms with Gasteiger partial charge < -0.3 is 9.80 Å². The molecular formula is C20H27N5O. The van der Waals surface area contributed by atoms with Gasteiger partial charge in [-0.2, -0.15) is 0 Å². The van der Waals surface area contributed by atoms with E-state index < -0.39 is 0 Å². The molecule has 1 saturated heterocycles. The predicted molar refractivity (Wildman–Crippen MR) is 101 cm³/mol. The van der Waals surface area contributed by atoms with E-state index in [-0.39, 0.29) is 5.91 Å². The maximum Gasteiger partial charge on any atom is 0.223 e. The van der Waals surface area contributed by atoms with E-state index in [1.54, 1.807) is 12.4 Å². The van der Waals surface area contributed by atoms with Crippen molar-refractivity contribution in [2.75, 3.05) is 26.7 Å². The number of carbonyl (C=O) groups is 1. The summed E-state index contributed by atoms with van der Waals surface area (Å²) in [5, 5.41) is 0. The number of hydrogen-bond donors (Lipinski definition) is 0. The Morgan fingerprint density at radius 3 is 3.00 bits per heavy atom. The molecule has 138 valence electrons. The van der Waals surface area contributed by atoms with Crippen molar-refractivity contribution in [3.8, 4) is 0 Å². The lowest BCUT2D eigenvalue weighted by Gasteiger charge is -2.33. The molecule has 0 N–H and O–H groups in total. The van der Waals surface area contributed by atoms with E-state index in [0.717, 1.165) is 56.1 Å². The van der Waals surface area contributed by atoms with Crippen molar-refractivity contribution in [1.82, 2.24) is 24.8 Å².